The lowest BCUT2D eigenvalue weighted by molar-refractivity contribution is -0.343. The van der Waals surface area contributed by atoms with Crippen LogP contribution in [0.25, 0.3) is 0 Å². The molecule has 7 N–H and O–H groups in total. The molecule has 30 heavy (non-hydrogen) atoms. The molecule has 0 bridgehead atoms. The Hall–Kier alpha value is -0.400. The lowest BCUT2D eigenvalue weighted by Crippen LogP contribution is -2.61. The lowest BCUT2D eigenvalue weighted by Gasteiger charge is -2.49. The highest BCUT2D eigenvalue weighted by Gasteiger charge is 2.52. The Labute approximate surface area is 177 Å². The van der Waals surface area contributed by atoms with E-state index in [1.807, 2.05) is 20.8 Å². The van der Waals surface area contributed by atoms with Gasteiger partial charge < -0.3 is 50.0 Å². The van der Waals surface area contributed by atoms with Gasteiger partial charge in [-0.15, -0.1) is 0 Å². The van der Waals surface area contributed by atoms with Gasteiger partial charge in [0.05, 0.1) is 37.9 Å². The fourth-order valence-electron chi connectivity index (χ4n) is 4.55. The van der Waals surface area contributed by atoms with E-state index in [-0.39, 0.29) is 6.61 Å². The lowest BCUT2D eigenvalue weighted by atomic mass is 9.71. The summed E-state index contributed by atoms with van der Waals surface area (Å²) in [4.78, 5) is 0. The first kappa shape index (κ1) is 25.9. The summed E-state index contributed by atoms with van der Waals surface area (Å²) < 4.78 is 16.6. The minimum Gasteiger partial charge on any atom is -0.396 e. The molecule has 2 aliphatic rings. The zero-order chi connectivity index (χ0) is 23.0. The summed E-state index contributed by atoms with van der Waals surface area (Å²) in [6.07, 6.45) is -8.84. The number of aliphatic hydroxyl groups is 7. The third kappa shape index (κ3) is 5.15. The van der Waals surface area contributed by atoms with E-state index in [1.165, 1.54) is 0 Å². The minimum atomic E-state index is -1.46. The molecule has 10 atom stereocenters. The zero-order valence-electron chi connectivity index (χ0n) is 18.3. The number of ether oxygens (including phenoxy) is 3. The summed E-state index contributed by atoms with van der Waals surface area (Å²) in [6.45, 7) is 7.82. The highest BCUT2D eigenvalue weighted by Crippen LogP contribution is 2.42. The van der Waals surface area contributed by atoms with E-state index < -0.39 is 85.1 Å². The first-order chi connectivity index (χ1) is 13.8. The van der Waals surface area contributed by atoms with Gasteiger partial charge in [0.2, 0.25) is 0 Å². The van der Waals surface area contributed by atoms with Gasteiger partial charge in [0, 0.05) is 11.8 Å². The van der Waals surface area contributed by atoms with Crippen LogP contribution in [0.15, 0.2) is 0 Å². The van der Waals surface area contributed by atoms with Crippen LogP contribution in [0.4, 0.5) is 0 Å². The molecule has 0 saturated carbocycles. The maximum atomic E-state index is 10.7. The molecule has 2 aliphatic heterocycles. The molecule has 10 heteroatoms. The molecular weight excluding hydrogens is 400 g/mol. The van der Waals surface area contributed by atoms with Gasteiger partial charge in [-0.2, -0.15) is 0 Å². The third-order valence-corrected chi connectivity index (χ3v) is 6.37. The van der Waals surface area contributed by atoms with Gasteiger partial charge in [0.25, 0.3) is 0 Å². The van der Waals surface area contributed by atoms with Crippen LogP contribution in [0, 0.1) is 28.6 Å². The highest BCUT2D eigenvalue weighted by atomic mass is 16.7. The van der Waals surface area contributed by atoms with Gasteiger partial charge in [0.15, 0.2) is 18.9 Å². The molecule has 10 nitrogen and oxygen atoms in total. The first-order valence-corrected chi connectivity index (χ1v) is 10.3. The Kier molecular flexibility index (Phi) is 8.29. The van der Waals surface area contributed by atoms with Crippen molar-refractivity contribution in [3.8, 4) is 0 Å². The molecule has 0 spiro atoms. The molecule has 0 aromatic rings. The third-order valence-electron chi connectivity index (χ3n) is 6.37. The second-order valence-electron chi connectivity index (χ2n) is 10.2. The fraction of sp³-hybridized carbons (Fsp3) is 1.00. The fourth-order valence-corrected chi connectivity index (χ4v) is 4.55. The van der Waals surface area contributed by atoms with Crippen LogP contribution in [-0.2, 0) is 14.2 Å². The van der Waals surface area contributed by atoms with Crippen molar-refractivity contribution in [2.45, 2.75) is 77.9 Å². The van der Waals surface area contributed by atoms with Gasteiger partial charge in [-0.1, -0.05) is 34.6 Å². The molecule has 2 rings (SSSR count). The zero-order valence-corrected chi connectivity index (χ0v) is 18.3. The van der Waals surface area contributed by atoms with E-state index in [4.69, 9.17) is 14.2 Å². The molecule has 0 aliphatic carbocycles. The maximum absolute atomic E-state index is 10.7. The quantitative estimate of drug-likeness (QED) is 0.256. The molecule has 0 radical (unpaired) electrons. The second-order valence-corrected chi connectivity index (χ2v) is 10.2. The first-order valence-electron chi connectivity index (χ1n) is 10.3. The van der Waals surface area contributed by atoms with E-state index in [1.54, 1.807) is 13.8 Å². The molecule has 2 saturated heterocycles. The van der Waals surface area contributed by atoms with Crippen molar-refractivity contribution in [1.82, 2.24) is 0 Å². The van der Waals surface area contributed by atoms with Gasteiger partial charge in [-0.3, -0.25) is 0 Å². The second kappa shape index (κ2) is 9.62. The van der Waals surface area contributed by atoms with E-state index in [0.29, 0.717) is 0 Å². The van der Waals surface area contributed by atoms with E-state index in [9.17, 15) is 35.7 Å². The molecule has 0 aromatic heterocycles. The Morgan fingerprint density at radius 2 is 1.30 bits per heavy atom. The minimum absolute atomic E-state index is 0.105. The number of hydrogen-bond acceptors (Lipinski definition) is 10. The predicted octanol–water partition coefficient (Wildman–Crippen LogP) is -1.62. The van der Waals surface area contributed by atoms with Crippen LogP contribution >= 0.6 is 0 Å². The molecule has 10 unspecified atom stereocenters. The Bertz CT molecular complexity index is 550. The standard InChI is InChI=1S/C20H38O10/c1-19(2,3)11-13(23)9(6-21)18(30-16(11)26)28-8-20(4,5)12-15(25)14(24)10(7-22)29-17(12)27/h9-18,21-27H,6-8H2,1-5H3. The smallest absolute Gasteiger partial charge is 0.168 e. The van der Waals surface area contributed by atoms with Crippen molar-refractivity contribution in [2.24, 2.45) is 28.6 Å². The van der Waals surface area contributed by atoms with E-state index in [0.717, 1.165) is 0 Å². The molecule has 0 aromatic carbocycles. The van der Waals surface area contributed by atoms with Crippen LogP contribution in [0.5, 0.6) is 0 Å². The molecule has 178 valence electrons. The van der Waals surface area contributed by atoms with Crippen LogP contribution in [0.1, 0.15) is 34.6 Å². The summed E-state index contributed by atoms with van der Waals surface area (Å²) in [7, 11) is 0. The van der Waals surface area contributed by atoms with Gasteiger partial charge in [-0.05, 0) is 10.8 Å². The number of rotatable bonds is 6. The summed E-state index contributed by atoms with van der Waals surface area (Å²) >= 11 is 0. The van der Waals surface area contributed by atoms with E-state index in [2.05, 4.69) is 0 Å². The Balaban J connectivity index is 2.11. The van der Waals surface area contributed by atoms with E-state index >= 15 is 0 Å². The Morgan fingerprint density at radius 3 is 1.80 bits per heavy atom. The normalized spacial score (nSPS) is 43.6. The van der Waals surface area contributed by atoms with Crippen LogP contribution < -0.4 is 0 Å². The van der Waals surface area contributed by atoms with Crippen LogP contribution in [0.2, 0.25) is 0 Å². The molecule has 2 heterocycles. The summed E-state index contributed by atoms with van der Waals surface area (Å²) in [6, 6.07) is 0. The predicted molar refractivity (Wildman–Crippen MR) is 104 cm³/mol. The largest absolute Gasteiger partial charge is 0.396 e. The van der Waals surface area contributed by atoms with Crippen molar-refractivity contribution in [2.75, 3.05) is 19.8 Å². The monoisotopic (exact) mass is 438 g/mol. The van der Waals surface area contributed by atoms with Crippen molar-refractivity contribution >= 4 is 0 Å². The number of aliphatic hydroxyl groups excluding tert-OH is 7. The van der Waals surface area contributed by atoms with Crippen molar-refractivity contribution in [1.29, 1.82) is 0 Å². The summed E-state index contributed by atoms with van der Waals surface area (Å²) in [5.74, 6) is -2.40. The van der Waals surface area contributed by atoms with Crippen molar-refractivity contribution in [3.05, 3.63) is 0 Å². The SMILES string of the molecule is CC(C)(C)C1C(O)OC(OCC(C)(C)C2C(O)OC(CO)C(O)C2O)C(CO)C1O. The van der Waals surface area contributed by atoms with Crippen LogP contribution in [-0.4, -0.2) is 98.9 Å². The Morgan fingerprint density at radius 1 is 0.733 bits per heavy atom. The number of hydrogen-bond donors (Lipinski definition) is 7. The van der Waals surface area contributed by atoms with Gasteiger partial charge in [0.1, 0.15) is 12.2 Å². The highest BCUT2D eigenvalue weighted by molar-refractivity contribution is 4.96. The van der Waals surface area contributed by atoms with Crippen LogP contribution in [0.3, 0.4) is 0 Å². The molecule has 2 fully saturated rings. The summed E-state index contributed by atoms with van der Waals surface area (Å²) in [5, 5.41) is 71.1. The maximum Gasteiger partial charge on any atom is 0.168 e. The van der Waals surface area contributed by atoms with Crippen molar-refractivity contribution < 1.29 is 50.0 Å². The summed E-state index contributed by atoms with van der Waals surface area (Å²) in [5.41, 5.74) is -1.43. The van der Waals surface area contributed by atoms with Gasteiger partial charge in [-0.25, -0.2) is 0 Å². The average Bonchev–Trinajstić information content (AvgIpc) is 2.61. The van der Waals surface area contributed by atoms with Crippen molar-refractivity contribution in [3.63, 3.8) is 0 Å². The van der Waals surface area contributed by atoms with Gasteiger partial charge >= 0.3 is 0 Å². The topological polar surface area (TPSA) is 169 Å². The average molecular weight is 439 g/mol. The molecular formula is C20H38O10. The molecule has 0 amide bonds.